The van der Waals surface area contributed by atoms with Crippen molar-refractivity contribution in [2.24, 2.45) is 0 Å². The summed E-state index contributed by atoms with van der Waals surface area (Å²) in [5.74, 6) is 2.37. The molecule has 4 heterocycles. The molecule has 0 spiro atoms. The van der Waals surface area contributed by atoms with Crippen LogP contribution < -0.4 is 15.0 Å². The summed E-state index contributed by atoms with van der Waals surface area (Å²) in [6, 6.07) is 6.13. The molecule has 1 aliphatic rings. The van der Waals surface area contributed by atoms with Gasteiger partial charge < -0.3 is 15.0 Å². The van der Waals surface area contributed by atoms with Crippen LogP contribution in [0.3, 0.4) is 0 Å². The second-order valence-electron chi connectivity index (χ2n) is 5.67. The molecule has 0 amide bonds. The van der Waals surface area contributed by atoms with Gasteiger partial charge in [0.15, 0.2) is 5.65 Å². The molecule has 0 radical (unpaired) electrons. The van der Waals surface area contributed by atoms with Gasteiger partial charge >= 0.3 is 0 Å². The molecule has 8 heteroatoms. The number of aromatic nitrogens is 5. The fraction of sp³-hybridized carbons (Fsp3) is 0.375. The Hall–Kier alpha value is -2.90. The smallest absolute Gasteiger partial charge is 0.218 e. The van der Waals surface area contributed by atoms with Crippen LogP contribution in [0, 0.1) is 0 Å². The molecular formula is C16H19N7O. The van der Waals surface area contributed by atoms with E-state index in [4.69, 9.17) is 4.74 Å². The van der Waals surface area contributed by atoms with Gasteiger partial charge in [0.05, 0.1) is 6.61 Å². The molecule has 1 unspecified atom stereocenters. The quantitative estimate of drug-likeness (QED) is 0.763. The Morgan fingerprint density at radius 2 is 2.25 bits per heavy atom. The van der Waals surface area contributed by atoms with Crippen LogP contribution in [0.5, 0.6) is 5.88 Å². The normalized spacial score (nSPS) is 17.4. The van der Waals surface area contributed by atoms with E-state index in [1.165, 1.54) is 0 Å². The van der Waals surface area contributed by atoms with Gasteiger partial charge in [0.25, 0.3) is 0 Å². The second-order valence-corrected chi connectivity index (χ2v) is 5.67. The largest absolute Gasteiger partial charge is 0.478 e. The maximum Gasteiger partial charge on any atom is 0.218 e. The topological polar surface area (TPSA) is 80.5 Å². The van der Waals surface area contributed by atoms with Crippen molar-refractivity contribution in [3.05, 3.63) is 36.9 Å². The van der Waals surface area contributed by atoms with Crippen LogP contribution in [-0.2, 0) is 0 Å². The maximum atomic E-state index is 5.45. The summed E-state index contributed by atoms with van der Waals surface area (Å²) >= 11 is 0. The van der Waals surface area contributed by atoms with E-state index in [0.717, 1.165) is 36.8 Å². The lowest BCUT2D eigenvalue weighted by Crippen LogP contribution is -2.27. The fourth-order valence-electron chi connectivity index (χ4n) is 2.92. The molecule has 3 aromatic rings. The van der Waals surface area contributed by atoms with E-state index < -0.39 is 0 Å². The minimum atomic E-state index is 0.323. The van der Waals surface area contributed by atoms with Crippen LogP contribution in [0.4, 0.5) is 11.6 Å². The Labute approximate surface area is 139 Å². The number of ether oxygens (including phenoxy) is 1. The third-order valence-electron chi connectivity index (χ3n) is 4.04. The van der Waals surface area contributed by atoms with Crippen LogP contribution in [0.15, 0.2) is 36.9 Å². The van der Waals surface area contributed by atoms with E-state index in [-0.39, 0.29) is 0 Å². The number of imidazole rings is 1. The summed E-state index contributed by atoms with van der Waals surface area (Å²) in [6.45, 7) is 4.35. The number of fused-ring (bicyclic) bond motifs is 1. The van der Waals surface area contributed by atoms with Crippen molar-refractivity contribution < 1.29 is 4.74 Å². The lowest BCUT2D eigenvalue weighted by molar-refractivity contribution is 0.326. The molecule has 8 nitrogen and oxygen atoms in total. The van der Waals surface area contributed by atoms with E-state index >= 15 is 0 Å². The van der Waals surface area contributed by atoms with Crippen LogP contribution in [-0.4, -0.2) is 50.3 Å². The molecule has 1 saturated heterocycles. The summed E-state index contributed by atoms with van der Waals surface area (Å²) in [7, 11) is 0. The minimum absolute atomic E-state index is 0.323. The maximum absolute atomic E-state index is 5.45. The molecule has 0 aromatic carbocycles. The van der Waals surface area contributed by atoms with Crippen molar-refractivity contribution in [3.63, 3.8) is 0 Å². The van der Waals surface area contributed by atoms with Crippen molar-refractivity contribution in [2.45, 2.75) is 19.4 Å². The number of nitrogens with zero attached hydrogens (tertiary/aromatic N) is 6. The number of anilines is 2. The summed E-state index contributed by atoms with van der Waals surface area (Å²) in [5.41, 5.74) is 0.845. The van der Waals surface area contributed by atoms with Crippen molar-refractivity contribution >= 4 is 17.3 Å². The molecule has 4 rings (SSSR count). The third-order valence-corrected chi connectivity index (χ3v) is 4.04. The Kier molecular flexibility index (Phi) is 3.86. The SMILES string of the molecule is CCOc1cc(N2CCC(Nc3ccc4nccn4n3)C2)ncn1. The number of rotatable bonds is 5. The van der Waals surface area contributed by atoms with Gasteiger partial charge in [0, 0.05) is 37.6 Å². The number of hydrogen-bond donors (Lipinski definition) is 1. The zero-order chi connectivity index (χ0) is 16.4. The Morgan fingerprint density at radius 3 is 3.17 bits per heavy atom. The Morgan fingerprint density at radius 1 is 1.29 bits per heavy atom. The zero-order valence-corrected chi connectivity index (χ0v) is 13.5. The van der Waals surface area contributed by atoms with Gasteiger partial charge in [-0.05, 0) is 25.5 Å². The first kappa shape index (κ1) is 14.7. The number of hydrogen-bond acceptors (Lipinski definition) is 7. The first-order valence-electron chi connectivity index (χ1n) is 8.08. The molecule has 1 N–H and O–H groups in total. The van der Waals surface area contributed by atoms with E-state index in [2.05, 4.69) is 30.3 Å². The van der Waals surface area contributed by atoms with Gasteiger partial charge in [0.2, 0.25) is 5.88 Å². The molecule has 1 fully saturated rings. The number of nitrogens with one attached hydrogen (secondary N) is 1. The highest BCUT2D eigenvalue weighted by molar-refractivity contribution is 5.47. The summed E-state index contributed by atoms with van der Waals surface area (Å²) in [4.78, 5) is 14.9. The molecule has 124 valence electrons. The van der Waals surface area contributed by atoms with Gasteiger partial charge in [-0.1, -0.05) is 0 Å². The van der Waals surface area contributed by atoms with Gasteiger partial charge in [-0.2, -0.15) is 0 Å². The molecule has 1 aliphatic heterocycles. The van der Waals surface area contributed by atoms with E-state index in [1.807, 2.05) is 31.3 Å². The average molecular weight is 325 g/mol. The lowest BCUT2D eigenvalue weighted by atomic mass is 10.2. The highest BCUT2D eigenvalue weighted by Crippen LogP contribution is 2.22. The fourth-order valence-corrected chi connectivity index (χ4v) is 2.92. The van der Waals surface area contributed by atoms with Crippen molar-refractivity contribution in [3.8, 4) is 5.88 Å². The molecular weight excluding hydrogens is 306 g/mol. The predicted octanol–water partition coefficient (Wildman–Crippen LogP) is 1.61. The third kappa shape index (κ3) is 2.94. The van der Waals surface area contributed by atoms with Gasteiger partial charge in [-0.25, -0.2) is 19.5 Å². The van der Waals surface area contributed by atoms with Crippen molar-refractivity contribution in [1.29, 1.82) is 0 Å². The molecule has 0 aliphatic carbocycles. The second kappa shape index (κ2) is 6.31. The lowest BCUT2D eigenvalue weighted by Gasteiger charge is -2.18. The van der Waals surface area contributed by atoms with E-state index in [9.17, 15) is 0 Å². The highest BCUT2D eigenvalue weighted by atomic mass is 16.5. The summed E-state index contributed by atoms with van der Waals surface area (Å²) < 4.78 is 7.22. The minimum Gasteiger partial charge on any atom is -0.478 e. The van der Waals surface area contributed by atoms with Crippen LogP contribution >= 0.6 is 0 Å². The van der Waals surface area contributed by atoms with Gasteiger partial charge in [-0.3, -0.25) is 0 Å². The molecule has 24 heavy (non-hydrogen) atoms. The predicted molar refractivity (Wildman–Crippen MR) is 90.4 cm³/mol. The molecule has 0 bridgehead atoms. The summed E-state index contributed by atoms with van der Waals surface area (Å²) in [5, 5.41) is 8.00. The van der Waals surface area contributed by atoms with E-state index in [1.54, 1.807) is 17.0 Å². The van der Waals surface area contributed by atoms with Crippen LogP contribution in [0.1, 0.15) is 13.3 Å². The zero-order valence-electron chi connectivity index (χ0n) is 13.5. The van der Waals surface area contributed by atoms with Gasteiger partial charge in [-0.15, -0.1) is 5.10 Å². The molecule has 0 saturated carbocycles. The Balaban J connectivity index is 1.43. The van der Waals surface area contributed by atoms with Crippen molar-refractivity contribution in [2.75, 3.05) is 29.9 Å². The summed E-state index contributed by atoms with van der Waals surface area (Å²) in [6.07, 6.45) is 6.17. The first-order chi connectivity index (χ1) is 11.8. The Bertz CT molecular complexity index is 834. The highest BCUT2D eigenvalue weighted by Gasteiger charge is 2.24. The van der Waals surface area contributed by atoms with Crippen LogP contribution in [0.25, 0.3) is 5.65 Å². The van der Waals surface area contributed by atoms with Crippen LogP contribution in [0.2, 0.25) is 0 Å². The van der Waals surface area contributed by atoms with Gasteiger partial charge in [0.1, 0.15) is 18.0 Å². The molecule has 1 atom stereocenters. The molecule has 3 aromatic heterocycles. The van der Waals surface area contributed by atoms with Crippen molar-refractivity contribution in [1.82, 2.24) is 24.6 Å². The first-order valence-corrected chi connectivity index (χ1v) is 8.08. The average Bonchev–Trinajstić information content (AvgIpc) is 3.24. The monoisotopic (exact) mass is 325 g/mol. The van der Waals surface area contributed by atoms with E-state index in [0.29, 0.717) is 18.5 Å². The standard InChI is InChI=1S/C16H19N7O/c1-2-24-16-9-15(18-11-19-16)22-7-5-12(10-22)20-13-3-4-14-17-6-8-23(14)21-13/h3-4,6,8-9,11-12H,2,5,7,10H2,1H3,(H,20,21).